The van der Waals surface area contributed by atoms with Gasteiger partial charge in [-0.05, 0) is 24.9 Å². The predicted octanol–water partition coefficient (Wildman–Crippen LogP) is 1.19. The molecule has 1 heterocycles. The maximum Gasteiger partial charge on any atom is 0.339 e. The van der Waals surface area contributed by atoms with Crippen LogP contribution in [-0.4, -0.2) is 41.8 Å². The van der Waals surface area contributed by atoms with Crippen molar-refractivity contribution >= 4 is 5.97 Å². The number of methoxy groups -OCH3 is 1. The number of piperidine rings is 1. The minimum Gasteiger partial charge on any atom is -0.467 e. The Kier molecular flexibility index (Phi) is 3.99. The lowest BCUT2D eigenvalue weighted by Gasteiger charge is -2.37. The number of hydrogen-bond acceptors (Lipinski definition) is 4. The summed E-state index contributed by atoms with van der Waals surface area (Å²) in [7, 11) is 1.32. The van der Waals surface area contributed by atoms with E-state index in [0.29, 0.717) is 13.0 Å². The largest absolute Gasteiger partial charge is 0.467 e. The maximum absolute atomic E-state index is 11.6. The van der Waals surface area contributed by atoms with E-state index in [4.69, 9.17) is 0 Å². The summed E-state index contributed by atoms with van der Waals surface area (Å²) in [4.78, 5) is 13.7. The normalized spacial score (nSPS) is 24.8. The lowest BCUT2D eigenvalue weighted by atomic mass is 9.92. The average Bonchev–Trinajstić information content (AvgIpc) is 2.39. The lowest BCUT2D eigenvalue weighted by molar-refractivity contribution is -0.168. The van der Waals surface area contributed by atoms with E-state index >= 15 is 0 Å². The fourth-order valence-corrected chi connectivity index (χ4v) is 2.46. The zero-order valence-electron chi connectivity index (χ0n) is 10.6. The van der Waals surface area contributed by atoms with Crippen LogP contribution < -0.4 is 0 Å². The molecule has 2 rings (SSSR count). The van der Waals surface area contributed by atoms with Gasteiger partial charge in [0.1, 0.15) is 0 Å². The molecule has 1 N–H and O–H groups in total. The van der Waals surface area contributed by atoms with Gasteiger partial charge >= 0.3 is 5.97 Å². The Morgan fingerprint density at radius 1 is 1.44 bits per heavy atom. The van der Waals surface area contributed by atoms with Gasteiger partial charge < -0.3 is 9.84 Å². The number of likely N-dealkylation sites (tertiary alicyclic amines) is 1. The number of rotatable bonds is 3. The zero-order valence-corrected chi connectivity index (χ0v) is 10.6. The van der Waals surface area contributed by atoms with Crippen LogP contribution in [-0.2, 0) is 16.1 Å². The van der Waals surface area contributed by atoms with E-state index in [1.807, 2.05) is 30.3 Å². The third-order valence-electron chi connectivity index (χ3n) is 3.36. The van der Waals surface area contributed by atoms with Gasteiger partial charge in [0.05, 0.1) is 7.11 Å². The molecule has 1 fully saturated rings. The van der Waals surface area contributed by atoms with Crippen molar-refractivity contribution in [3.05, 3.63) is 35.9 Å². The third-order valence-corrected chi connectivity index (χ3v) is 3.36. The molecule has 0 aliphatic carbocycles. The highest BCUT2D eigenvalue weighted by molar-refractivity contribution is 5.79. The van der Waals surface area contributed by atoms with Crippen LogP contribution in [0.15, 0.2) is 30.3 Å². The third kappa shape index (κ3) is 2.89. The van der Waals surface area contributed by atoms with Crippen molar-refractivity contribution in [3.63, 3.8) is 0 Å². The number of nitrogens with zero attached hydrogens (tertiary/aromatic N) is 1. The van der Waals surface area contributed by atoms with Crippen molar-refractivity contribution in [2.75, 3.05) is 20.2 Å². The van der Waals surface area contributed by atoms with Gasteiger partial charge in [-0.2, -0.15) is 0 Å². The van der Waals surface area contributed by atoms with Crippen LogP contribution in [0, 0.1) is 0 Å². The van der Waals surface area contributed by atoms with Gasteiger partial charge in [0.25, 0.3) is 0 Å². The second-order valence-electron chi connectivity index (χ2n) is 4.82. The van der Waals surface area contributed by atoms with Crippen molar-refractivity contribution in [2.24, 2.45) is 0 Å². The second-order valence-corrected chi connectivity index (χ2v) is 4.82. The van der Waals surface area contributed by atoms with E-state index in [9.17, 15) is 9.90 Å². The van der Waals surface area contributed by atoms with E-state index in [0.717, 1.165) is 19.5 Å². The monoisotopic (exact) mass is 249 g/mol. The highest BCUT2D eigenvalue weighted by atomic mass is 16.5. The number of aliphatic hydroxyl groups is 1. The molecule has 1 saturated heterocycles. The molecule has 0 spiro atoms. The van der Waals surface area contributed by atoms with Gasteiger partial charge in [-0.25, -0.2) is 4.79 Å². The van der Waals surface area contributed by atoms with Crippen LogP contribution >= 0.6 is 0 Å². The van der Waals surface area contributed by atoms with Crippen LogP contribution in [0.3, 0.4) is 0 Å². The molecule has 4 nitrogen and oxygen atoms in total. The van der Waals surface area contributed by atoms with E-state index in [1.165, 1.54) is 12.7 Å². The molecule has 0 aromatic heterocycles. The summed E-state index contributed by atoms with van der Waals surface area (Å²) < 4.78 is 4.68. The Hall–Kier alpha value is -1.39. The molecule has 98 valence electrons. The molecule has 0 saturated carbocycles. The van der Waals surface area contributed by atoms with Crippen LogP contribution in [0.2, 0.25) is 0 Å². The molecule has 1 aliphatic rings. The molecule has 4 heteroatoms. The van der Waals surface area contributed by atoms with Gasteiger partial charge in [-0.3, -0.25) is 4.90 Å². The van der Waals surface area contributed by atoms with Crippen molar-refractivity contribution in [2.45, 2.75) is 25.0 Å². The van der Waals surface area contributed by atoms with Gasteiger partial charge in [-0.1, -0.05) is 30.3 Å². The molecule has 1 unspecified atom stereocenters. The second kappa shape index (κ2) is 5.50. The minimum atomic E-state index is -1.35. The quantitative estimate of drug-likeness (QED) is 0.817. The van der Waals surface area contributed by atoms with E-state index in [-0.39, 0.29) is 0 Å². The van der Waals surface area contributed by atoms with Crippen molar-refractivity contribution < 1.29 is 14.6 Å². The number of ether oxygens (including phenoxy) is 1. The van der Waals surface area contributed by atoms with Crippen molar-refractivity contribution in [1.82, 2.24) is 4.90 Å². The summed E-state index contributed by atoms with van der Waals surface area (Å²) in [5.74, 6) is -0.528. The van der Waals surface area contributed by atoms with E-state index in [2.05, 4.69) is 9.64 Å². The smallest absolute Gasteiger partial charge is 0.339 e. The molecular formula is C14H19NO3. The molecule has 1 aliphatic heterocycles. The predicted molar refractivity (Wildman–Crippen MR) is 67.9 cm³/mol. The van der Waals surface area contributed by atoms with Crippen LogP contribution in [0.4, 0.5) is 0 Å². The van der Waals surface area contributed by atoms with Gasteiger partial charge in [-0.15, -0.1) is 0 Å². The van der Waals surface area contributed by atoms with Crippen molar-refractivity contribution in [1.29, 1.82) is 0 Å². The minimum absolute atomic E-state index is 0.342. The Balaban J connectivity index is 2.01. The number of β-amino-alcohol motifs (C(OH)–C–C–N with tert-alkyl or cyclic N) is 1. The Labute approximate surface area is 107 Å². The van der Waals surface area contributed by atoms with E-state index < -0.39 is 11.6 Å². The maximum atomic E-state index is 11.6. The van der Waals surface area contributed by atoms with Crippen molar-refractivity contribution in [3.8, 4) is 0 Å². The topological polar surface area (TPSA) is 49.8 Å². The van der Waals surface area contributed by atoms with E-state index in [1.54, 1.807) is 0 Å². The first kappa shape index (κ1) is 13.1. The SMILES string of the molecule is COC(=O)C1(O)CCCN(Cc2ccccc2)C1. The Bertz CT molecular complexity index is 407. The average molecular weight is 249 g/mol. The molecule has 0 bridgehead atoms. The Morgan fingerprint density at radius 2 is 2.17 bits per heavy atom. The zero-order chi connectivity index (χ0) is 13.0. The molecular weight excluding hydrogens is 230 g/mol. The molecule has 1 atom stereocenters. The lowest BCUT2D eigenvalue weighted by Crippen LogP contribution is -2.53. The highest BCUT2D eigenvalue weighted by Gasteiger charge is 2.41. The summed E-state index contributed by atoms with van der Waals surface area (Å²) in [6.45, 7) is 1.99. The first-order chi connectivity index (χ1) is 8.64. The summed E-state index contributed by atoms with van der Waals surface area (Å²) in [5.41, 5.74) is -0.159. The van der Waals surface area contributed by atoms with Gasteiger partial charge in [0.2, 0.25) is 0 Å². The fourth-order valence-electron chi connectivity index (χ4n) is 2.46. The standard InChI is InChI=1S/C14H19NO3/c1-18-13(16)14(17)8-5-9-15(11-14)10-12-6-3-2-4-7-12/h2-4,6-7,17H,5,8-11H2,1H3. The molecule has 0 radical (unpaired) electrons. The Morgan fingerprint density at radius 3 is 2.83 bits per heavy atom. The number of carbonyl (C=O) groups excluding carboxylic acids is 1. The van der Waals surface area contributed by atoms with Crippen LogP contribution in [0.1, 0.15) is 18.4 Å². The van der Waals surface area contributed by atoms with Crippen LogP contribution in [0.5, 0.6) is 0 Å². The summed E-state index contributed by atoms with van der Waals surface area (Å²) in [5, 5.41) is 10.3. The highest BCUT2D eigenvalue weighted by Crippen LogP contribution is 2.23. The summed E-state index contributed by atoms with van der Waals surface area (Å²) in [6, 6.07) is 10.1. The number of hydrogen-bond donors (Lipinski definition) is 1. The van der Waals surface area contributed by atoms with Crippen LogP contribution in [0.25, 0.3) is 0 Å². The fraction of sp³-hybridized carbons (Fsp3) is 0.500. The number of benzene rings is 1. The first-order valence-electron chi connectivity index (χ1n) is 6.21. The number of carbonyl (C=O) groups is 1. The molecule has 18 heavy (non-hydrogen) atoms. The summed E-state index contributed by atoms with van der Waals surface area (Å²) >= 11 is 0. The van der Waals surface area contributed by atoms with Gasteiger partial charge in [0.15, 0.2) is 5.60 Å². The van der Waals surface area contributed by atoms with Gasteiger partial charge in [0, 0.05) is 13.1 Å². The summed E-state index contributed by atoms with van der Waals surface area (Å²) in [6.07, 6.45) is 1.28. The molecule has 1 aromatic rings. The molecule has 0 amide bonds. The first-order valence-corrected chi connectivity index (χ1v) is 6.21. The molecule has 1 aromatic carbocycles. The number of esters is 1.